The number of halogens is 3. The predicted molar refractivity (Wildman–Crippen MR) is 94.0 cm³/mol. The molecule has 0 unspecified atom stereocenters. The van der Waals surface area contributed by atoms with Crippen LogP contribution >= 0.6 is 0 Å². The molecule has 0 spiro atoms. The number of nitrogens with one attached hydrogen (secondary N) is 1. The van der Waals surface area contributed by atoms with Crippen LogP contribution in [0, 0.1) is 13.8 Å². The summed E-state index contributed by atoms with van der Waals surface area (Å²) >= 11 is 0. The molecule has 140 valence electrons. The van der Waals surface area contributed by atoms with Gasteiger partial charge in [-0.25, -0.2) is 0 Å². The van der Waals surface area contributed by atoms with E-state index in [9.17, 15) is 18.0 Å². The Morgan fingerprint density at radius 2 is 1.85 bits per heavy atom. The summed E-state index contributed by atoms with van der Waals surface area (Å²) in [7, 11) is 1.66. The molecule has 1 amide bonds. The molecule has 0 aromatic heterocycles. The van der Waals surface area contributed by atoms with Crippen LogP contribution in [0.2, 0.25) is 0 Å². The van der Waals surface area contributed by atoms with E-state index in [4.69, 9.17) is 0 Å². The Morgan fingerprint density at radius 1 is 1.15 bits per heavy atom. The molecule has 0 saturated carbocycles. The van der Waals surface area contributed by atoms with Crippen LogP contribution in [0.25, 0.3) is 0 Å². The standard InChI is InChI=1S/C19H21F3N2O2/c1-13-8-9-14(2)16(10-13)23-18(25)12-24(3)11-15-6-4-5-7-17(15)26-19(20,21)22/h4-10H,11-12H2,1-3H3,(H,23,25). The van der Waals surface area contributed by atoms with Gasteiger partial charge in [-0.2, -0.15) is 0 Å². The summed E-state index contributed by atoms with van der Waals surface area (Å²) in [6, 6.07) is 11.6. The number of aryl methyl sites for hydroxylation is 2. The minimum Gasteiger partial charge on any atom is -0.405 e. The molecule has 26 heavy (non-hydrogen) atoms. The third-order valence-corrected chi connectivity index (χ3v) is 3.72. The van der Waals surface area contributed by atoms with Crippen LogP contribution in [0.4, 0.5) is 18.9 Å². The van der Waals surface area contributed by atoms with Crippen molar-refractivity contribution < 1.29 is 22.7 Å². The molecule has 0 aliphatic heterocycles. The molecule has 4 nitrogen and oxygen atoms in total. The van der Waals surface area contributed by atoms with Crippen LogP contribution in [-0.4, -0.2) is 30.8 Å². The predicted octanol–water partition coefficient (Wildman–Crippen LogP) is 4.27. The average molecular weight is 366 g/mol. The van der Waals surface area contributed by atoms with E-state index in [2.05, 4.69) is 10.1 Å². The lowest BCUT2D eigenvalue weighted by Gasteiger charge is -2.19. The van der Waals surface area contributed by atoms with Gasteiger partial charge in [-0.05, 0) is 44.2 Å². The van der Waals surface area contributed by atoms with Crippen molar-refractivity contribution >= 4 is 11.6 Å². The molecule has 0 bridgehead atoms. The lowest BCUT2D eigenvalue weighted by molar-refractivity contribution is -0.275. The molecular weight excluding hydrogens is 345 g/mol. The molecule has 0 atom stereocenters. The maximum atomic E-state index is 12.5. The van der Waals surface area contributed by atoms with Crippen LogP contribution < -0.4 is 10.1 Å². The molecule has 0 saturated heterocycles. The van der Waals surface area contributed by atoms with Gasteiger partial charge in [0.25, 0.3) is 0 Å². The monoisotopic (exact) mass is 366 g/mol. The maximum absolute atomic E-state index is 12.5. The number of para-hydroxylation sites is 1. The summed E-state index contributed by atoms with van der Waals surface area (Å²) in [6.07, 6.45) is -4.76. The lowest BCUT2D eigenvalue weighted by atomic mass is 10.1. The van der Waals surface area contributed by atoms with Gasteiger partial charge in [-0.3, -0.25) is 9.69 Å². The summed E-state index contributed by atoms with van der Waals surface area (Å²) in [4.78, 5) is 13.9. The first kappa shape index (κ1) is 19.8. The largest absolute Gasteiger partial charge is 0.573 e. The Hall–Kier alpha value is -2.54. The average Bonchev–Trinajstić information content (AvgIpc) is 2.51. The van der Waals surface area contributed by atoms with Crippen molar-refractivity contribution in [3.05, 3.63) is 59.2 Å². The Bertz CT molecular complexity index is 776. The zero-order chi connectivity index (χ0) is 19.3. The van der Waals surface area contributed by atoms with Crippen molar-refractivity contribution in [2.75, 3.05) is 18.9 Å². The second-order valence-corrected chi connectivity index (χ2v) is 6.19. The molecule has 1 N–H and O–H groups in total. The van der Waals surface area contributed by atoms with Crippen molar-refractivity contribution in [2.24, 2.45) is 0 Å². The maximum Gasteiger partial charge on any atom is 0.573 e. The first-order valence-electron chi connectivity index (χ1n) is 8.03. The van der Waals surface area contributed by atoms with Gasteiger partial charge in [0, 0.05) is 17.8 Å². The Labute approximate surface area is 150 Å². The van der Waals surface area contributed by atoms with Crippen LogP contribution in [-0.2, 0) is 11.3 Å². The van der Waals surface area contributed by atoms with Gasteiger partial charge in [0.05, 0.1) is 6.54 Å². The molecule has 2 aromatic rings. The number of hydrogen-bond donors (Lipinski definition) is 1. The van der Waals surface area contributed by atoms with Crippen LogP contribution in [0.3, 0.4) is 0 Å². The Balaban J connectivity index is 1.99. The number of nitrogens with zero attached hydrogens (tertiary/aromatic N) is 1. The first-order valence-corrected chi connectivity index (χ1v) is 8.03. The van der Waals surface area contributed by atoms with Crippen molar-refractivity contribution in [1.82, 2.24) is 4.90 Å². The summed E-state index contributed by atoms with van der Waals surface area (Å²) in [5.74, 6) is -0.503. The van der Waals surface area contributed by atoms with E-state index in [0.29, 0.717) is 5.56 Å². The quantitative estimate of drug-likeness (QED) is 0.830. The molecule has 0 aliphatic rings. The Morgan fingerprint density at radius 3 is 2.54 bits per heavy atom. The molecule has 0 heterocycles. The molecular formula is C19H21F3N2O2. The van der Waals surface area contributed by atoms with E-state index < -0.39 is 6.36 Å². The third-order valence-electron chi connectivity index (χ3n) is 3.72. The van der Waals surface area contributed by atoms with Gasteiger partial charge in [0.15, 0.2) is 0 Å². The van der Waals surface area contributed by atoms with Gasteiger partial charge >= 0.3 is 6.36 Å². The van der Waals surface area contributed by atoms with Crippen LogP contribution in [0.1, 0.15) is 16.7 Å². The fourth-order valence-electron chi connectivity index (χ4n) is 2.51. The summed E-state index contributed by atoms with van der Waals surface area (Å²) in [5.41, 5.74) is 3.05. The van der Waals surface area contributed by atoms with Gasteiger partial charge in [-0.15, -0.1) is 13.2 Å². The highest BCUT2D eigenvalue weighted by molar-refractivity contribution is 5.93. The van der Waals surface area contributed by atoms with Crippen molar-refractivity contribution in [3.8, 4) is 5.75 Å². The van der Waals surface area contributed by atoms with Crippen LogP contribution in [0.5, 0.6) is 5.75 Å². The van der Waals surface area contributed by atoms with Gasteiger partial charge < -0.3 is 10.1 Å². The Kier molecular flexibility index (Phi) is 6.26. The zero-order valence-electron chi connectivity index (χ0n) is 14.9. The fraction of sp³-hybridized carbons (Fsp3) is 0.316. The smallest absolute Gasteiger partial charge is 0.405 e. The van der Waals surface area contributed by atoms with Gasteiger partial charge in [-0.1, -0.05) is 30.3 Å². The number of alkyl halides is 3. The van der Waals surface area contributed by atoms with Crippen LogP contribution in [0.15, 0.2) is 42.5 Å². The summed E-state index contributed by atoms with van der Waals surface area (Å²) < 4.78 is 41.5. The highest BCUT2D eigenvalue weighted by atomic mass is 19.4. The fourth-order valence-corrected chi connectivity index (χ4v) is 2.51. The topological polar surface area (TPSA) is 41.6 Å². The SMILES string of the molecule is Cc1ccc(C)c(NC(=O)CN(C)Cc2ccccc2OC(F)(F)F)c1. The van der Waals surface area contributed by atoms with Crippen molar-refractivity contribution in [1.29, 1.82) is 0 Å². The van der Waals surface area contributed by atoms with Gasteiger partial charge in [0.1, 0.15) is 5.75 Å². The highest BCUT2D eigenvalue weighted by Crippen LogP contribution is 2.27. The molecule has 2 rings (SSSR count). The molecule has 0 radical (unpaired) electrons. The van der Waals surface area contributed by atoms with E-state index >= 15 is 0 Å². The number of anilines is 1. The normalized spacial score (nSPS) is 11.5. The number of carbonyl (C=O) groups excluding carboxylic acids is 1. The number of benzene rings is 2. The number of hydrogen-bond acceptors (Lipinski definition) is 3. The molecule has 0 aliphatic carbocycles. The molecule has 0 fully saturated rings. The summed E-state index contributed by atoms with van der Waals surface area (Å²) in [5, 5.41) is 2.83. The first-order chi connectivity index (χ1) is 12.1. The molecule has 7 heteroatoms. The van der Waals surface area contributed by atoms with E-state index in [-0.39, 0.29) is 24.7 Å². The van der Waals surface area contributed by atoms with Gasteiger partial charge in [0.2, 0.25) is 5.91 Å². The number of amides is 1. The van der Waals surface area contributed by atoms with E-state index in [0.717, 1.165) is 16.8 Å². The number of ether oxygens (including phenoxy) is 1. The highest BCUT2D eigenvalue weighted by Gasteiger charge is 2.32. The number of likely N-dealkylation sites (N-methyl/N-ethyl adjacent to an activating group) is 1. The second kappa shape index (κ2) is 8.23. The van der Waals surface area contributed by atoms with E-state index in [1.807, 2.05) is 32.0 Å². The number of rotatable bonds is 6. The second-order valence-electron chi connectivity index (χ2n) is 6.19. The lowest BCUT2D eigenvalue weighted by Crippen LogP contribution is -2.30. The van der Waals surface area contributed by atoms with Crippen molar-refractivity contribution in [3.63, 3.8) is 0 Å². The zero-order valence-corrected chi connectivity index (χ0v) is 14.9. The minimum atomic E-state index is -4.76. The van der Waals surface area contributed by atoms with Crippen molar-refractivity contribution in [2.45, 2.75) is 26.8 Å². The summed E-state index contributed by atoms with van der Waals surface area (Å²) in [6.45, 7) is 4.00. The van der Waals surface area contributed by atoms with E-state index in [1.165, 1.54) is 12.1 Å². The minimum absolute atomic E-state index is 0.0355. The third kappa shape index (κ3) is 6.07. The van der Waals surface area contributed by atoms with E-state index in [1.54, 1.807) is 24.1 Å². The number of carbonyl (C=O) groups is 1. The molecule has 2 aromatic carbocycles.